The Labute approximate surface area is 95.4 Å². The van der Waals surface area contributed by atoms with Crippen LogP contribution >= 0.6 is 0 Å². The fourth-order valence-corrected chi connectivity index (χ4v) is 1.89. The molecule has 2 heterocycles. The van der Waals surface area contributed by atoms with Gasteiger partial charge in [0.1, 0.15) is 12.1 Å². The van der Waals surface area contributed by atoms with Crippen molar-refractivity contribution < 1.29 is 4.74 Å². The molecule has 1 aliphatic heterocycles. The van der Waals surface area contributed by atoms with Crippen molar-refractivity contribution in [3.63, 3.8) is 0 Å². The van der Waals surface area contributed by atoms with Gasteiger partial charge in [-0.15, -0.1) is 0 Å². The van der Waals surface area contributed by atoms with Crippen LogP contribution in [0.2, 0.25) is 0 Å². The second-order valence-electron chi connectivity index (χ2n) is 3.93. The van der Waals surface area contributed by atoms with Crippen molar-refractivity contribution >= 4 is 5.82 Å². The van der Waals surface area contributed by atoms with Gasteiger partial charge in [-0.05, 0) is 12.8 Å². The molecule has 0 spiro atoms. The van der Waals surface area contributed by atoms with E-state index in [1.165, 1.54) is 0 Å². The lowest BCUT2D eigenvalue weighted by atomic mass is 9.96. The summed E-state index contributed by atoms with van der Waals surface area (Å²) in [6.07, 6.45) is 3.71. The lowest BCUT2D eigenvalue weighted by Gasteiger charge is -2.21. The smallest absolute Gasteiger partial charge is 0.129 e. The first-order chi connectivity index (χ1) is 7.90. The van der Waals surface area contributed by atoms with Gasteiger partial charge < -0.3 is 15.8 Å². The molecule has 1 aromatic rings. The summed E-state index contributed by atoms with van der Waals surface area (Å²) in [4.78, 5) is 8.50. The maximum Gasteiger partial charge on any atom is 0.129 e. The lowest BCUT2D eigenvalue weighted by molar-refractivity contribution is 0.0845. The zero-order chi connectivity index (χ0) is 11.2. The van der Waals surface area contributed by atoms with Crippen molar-refractivity contribution in [3.8, 4) is 0 Å². The van der Waals surface area contributed by atoms with E-state index >= 15 is 0 Å². The molecule has 88 valence electrons. The minimum absolute atomic E-state index is 0.509. The molecule has 5 heteroatoms. The molecule has 3 N–H and O–H groups in total. The number of aromatic nitrogens is 2. The number of hydrogen-bond donors (Lipinski definition) is 2. The number of rotatable bonds is 4. The van der Waals surface area contributed by atoms with Crippen LogP contribution in [0.25, 0.3) is 0 Å². The monoisotopic (exact) mass is 222 g/mol. The van der Waals surface area contributed by atoms with Gasteiger partial charge in [0.15, 0.2) is 0 Å². The van der Waals surface area contributed by atoms with Crippen molar-refractivity contribution in [2.75, 3.05) is 31.6 Å². The molecule has 0 atom stereocenters. The number of anilines is 1. The van der Waals surface area contributed by atoms with Crippen LogP contribution in [0, 0.1) is 0 Å². The summed E-state index contributed by atoms with van der Waals surface area (Å²) in [5.41, 5.74) is 6.54. The summed E-state index contributed by atoms with van der Waals surface area (Å²) in [5.74, 6) is 1.37. The molecule has 0 unspecified atom stereocenters. The van der Waals surface area contributed by atoms with Gasteiger partial charge in [-0.2, -0.15) is 0 Å². The average Bonchev–Trinajstić information content (AvgIpc) is 2.38. The normalized spacial score (nSPS) is 17.3. The summed E-state index contributed by atoms with van der Waals surface area (Å²) in [6.45, 7) is 3.02. The van der Waals surface area contributed by atoms with Crippen molar-refractivity contribution in [1.82, 2.24) is 9.97 Å². The predicted octanol–water partition coefficient (Wildman–Crippen LogP) is 0.741. The molecule has 0 aromatic carbocycles. The third-order valence-electron chi connectivity index (χ3n) is 2.78. The zero-order valence-corrected chi connectivity index (χ0v) is 9.35. The summed E-state index contributed by atoms with van der Waals surface area (Å²) in [6, 6.07) is 2.02. The quantitative estimate of drug-likeness (QED) is 0.786. The summed E-state index contributed by atoms with van der Waals surface area (Å²) in [5, 5.41) is 3.17. The van der Waals surface area contributed by atoms with Crippen LogP contribution in [0.5, 0.6) is 0 Å². The lowest BCUT2D eigenvalue weighted by Crippen LogP contribution is -2.17. The van der Waals surface area contributed by atoms with Crippen molar-refractivity contribution in [2.45, 2.75) is 18.8 Å². The highest BCUT2D eigenvalue weighted by Gasteiger charge is 2.17. The highest BCUT2D eigenvalue weighted by atomic mass is 16.5. The minimum atomic E-state index is 0.509. The van der Waals surface area contributed by atoms with E-state index in [9.17, 15) is 0 Å². The third kappa shape index (κ3) is 2.90. The number of nitrogens with zero attached hydrogens (tertiary/aromatic N) is 2. The van der Waals surface area contributed by atoms with E-state index in [4.69, 9.17) is 10.5 Å². The fraction of sp³-hybridized carbons (Fsp3) is 0.636. The molecule has 2 rings (SSSR count). The third-order valence-corrected chi connectivity index (χ3v) is 2.78. The van der Waals surface area contributed by atoms with E-state index in [2.05, 4.69) is 15.3 Å². The predicted molar refractivity (Wildman–Crippen MR) is 62.4 cm³/mol. The largest absolute Gasteiger partial charge is 0.381 e. The van der Waals surface area contributed by atoms with E-state index in [1.807, 2.05) is 6.07 Å². The zero-order valence-electron chi connectivity index (χ0n) is 9.35. The van der Waals surface area contributed by atoms with Gasteiger partial charge in [-0.1, -0.05) is 0 Å². The molecule has 16 heavy (non-hydrogen) atoms. The summed E-state index contributed by atoms with van der Waals surface area (Å²) >= 11 is 0. The van der Waals surface area contributed by atoms with Crippen LogP contribution in [0.1, 0.15) is 24.5 Å². The maximum atomic E-state index is 5.43. The Hall–Kier alpha value is -1.20. The molecule has 0 radical (unpaired) electrons. The Bertz CT molecular complexity index is 326. The van der Waals surface area contributed by atoms with E-state index in [0.717, 1.165) is 44.1 Å². The Morgan fingerprint density at radius 2 is 2.19 bits per heavy atom. The maximum absolute atomic E-state index is 5.43. The van der Waals surface area contributed by atoms with Crippen molar-refractivity contribution in [3.05, 3.63) is 18.1 Å². The van der Waals surface area contributed by atoms with Crippen LogP contribution < -0.4 is 11.1 Å². The van der Waals surface area contributed by atoms with E-state index < -0.39 is 0 Å². The summed E-state index contributed by atoms with van der Waals surface area (Å²) in [7, 11) is 0. The Morgan fingerprint density at radius 3 is 2.94 bits per heavy atom. The molecule has 1 aliphatic rings. The molecule has 0 saturated carbocycles. The van der Waals surface area contributed by atoms with E-state index in [0.29, 0.717) is 12.5 Å². The van der Waals surface area contributed by atoms with Gasteiger partial charge >= 0.3 is 0 Å². The van der Waals surface area contributed by atoms with Crippen LogP contribution in [0.4, 0.5) is 5.82 Å². The molecule has 0 amide bonds. The molecule has 5 nitrogen and oxygen atoms in total. The first-order valence-electron chi connectivity index (χ1n) is 5.74. The minimum Gasteiger partial charge on any atom is -0.381 e. The first-order valence-corrected chi connectivity index (χ1v) is 5.74. The molecular formula is C11H18N4O. The van der Waals surface area contributed by atoms with Gasteiger partial charge in [-0.3, -0.25) is 0 Å². The highest BCUT2D eigenvalue weighted by molar-refractivity contribution is 5.35. The summed E-state index contributed by atoms with van der Waals surface area (Å²) < 4.78 is 5.34. The van der Waals surface area contributed by atoms with E-state index in [1.54, 1.807) is 6.33 Å². The Morgan fingerprint density at radius 1 is 1.38 bits per heavy atom. The standard InChI is InChI=1S/C11H18N4O/c12-3-4-13-11-7-10(14-8-15-11)9-1-5-16-6-2-9/h7-9H,1-6,12H2,(H,13,14,15). The van der Waals surface area contributed by atoms with Crippen LogP contribution in [-0.4, -0.2) is 36.3 Å². The molecule has 1 aromatic heterocycles. The molecule has 0 aliphatic carbocycles. The molecule has 0 bridgehead atoms. The first kappa shape index (κ1) is 11.3. The van der Waals surface area contributed by atoms with Crippen molar-refractivity contribution in [2.24, 2.45) is 5.73 Å². The van der Waals surface area contributed by atoms with Gasteiger partial charge in [0, 0.05) is 44.0 Å². The van der Waals surface area contributed by atoms with Gasteiger partial charge in [0.2, 0.25) is 0 Å². The average molecular weight is 222 g/mol. The van der Waals surface area contributed by atoms with Crippen molar-refractivity contribution in [1.29, 1.82) is 0 Å². The van der Waals surface area contributed by atoms with Crippen LogP contribution in [0.3, 0.4) is 0 Å². The van der Waals surface area contributed by atoms with Gasteiger partial charge in [0.25, 0.3) is 0 Å². The second kappa shape index (κ2) is 5.77. The molecule has 1 fully saturated rings. The molecular weight excluding hydrogens is 204 g/mol. The Kier molecular flexibility index (Phi) is 4.07. The second-order valence-corrected chi connectivity index (χ2v) is 3.93. The highest BCUT2D eigenvalue weighted by Crippen LogP contribution is 2.25. The van der Waals surface area contributed by atoms with E-state index in [-0.39, 0.29) is 0 Å². The van der Waals surface area contributed by atoms with Gasteiger partial charge in [-0.25, -0.2) is 9.97 Å². The van der Waals surface area contributed by atoms with Gasteiger partial charge in [0.05, 0.1) is 0 Å². The number of nitrogens with two attached hydrogens (primary N) is 1. The van der Waals surface area contributed by atoms with Crippen LogP contribution in [0.15, 0.2) is 12.4 Å². The SMILES string of the molecule is NCCNc1cc(C2CCOCC2)ncn1. The number of nitrogens with one attached hydrogen (secondary N) is 1. The fourth-order valence-electron chi connectivity index (χ4n) is 1.89. The molecule has 1 saturated heterocycles. The topological polar surface area (TPSA) is 73.1 Å². The number of ether oxygens (including phenoxy) is 1. The number of hydrogen-bond acceptors (Lipinski definition) is 5. The Balaban J connectivity index is 2.02. The van der Waals surface area contributed by atoms with Crippen LogP contribution in [-0.2, 0) is 4.74 Å².